The van der Waals surface area contributed by atoms with Crippen LogP contribution in [0.25, 0.3) is 0 Å². The number of ketones is 1. The molecule has 1 atom stereocenters. The molecule has 0 N–H and O–H groups in total. The number of carboxylic acids is 1. The van der Waals surface area contributed by atoms with E-state index >= 15 is 0 Å². The number of hydrogen-bond donors (Lipinski definition) is 0. The van der Waals surface area contributed by atoms with Crippen LogP contribution in [-0.4, -0.2) is 42.3 Å². The van der Waals surface area contributed by atoms with Gasteiger partial charge in [0.2, 0.25) is 0 Å². The zero-order chi connectivity index (χ0) is 13.6. The first-order valence-corrected chi connectivity index (χ1v) is 5.26. The molecule has 5 nitrogen and oxygen atoms in total. The summed E-state index contributed by atoms with van der Waals surface area (Å²) >= 11 is 0. The Kier molecular flexibility index (Phi) is 31.3. The van der Waals surface area contributed by atoms with E-state index in [1.807, 2.05) is 13.8 Å². The predicted molar refractivity (Wildman–Crippen MR) is 60.9 cm³/mol. The van der Waals surface area contributed by atoms with Crippen LogP contribution in [0, 0.1) is 5.92 Å². The third-order valence-corrected chi connectivity index (χ3v) is 1.37. The van der Waals surface area contributed by atoms with E-state index in [-0.39, 0.29) is 36.4 Å². The summed E-state index contributed by atoms with van der Waals surface area (Å²) in [7, 11) is 0. The summed E-state index contributed by atoms with van der Waals surface area (Å²) in [6.07, 6.45) is 1.53. The van der Waals surface area contributed by atoms with Crippen molar-refractivity contribution in [3.8, 4) is 0 Å². The van der Waals surface area contributed by atoms with Gasteiger partial charge in [-0.3, -0.25) is 4.79 Å². The average molecular weight is 260 g/mol. The largest absolute Gasteiger partial charge is 3.00 e. The van der Waals surface area contributed by atoms with Crippen LogP contribution < -0.4 is 15.3 Å². The van der Waals surface area contributed by atoms with E-state index in [1.165, 1.54) is 13.8 Å². The fraction of sp³-hybridized carbons (Fsp3) is 0.818. The van der Waals surface area contributed by atoms with E-state index < -0.39 is 11.9 Å². The summed E-state index contributed by atoms with van der Waals surface area (Å²) in [5, 5.41) is 28.4. The number of rotatable bonds is 4. The van der Waals surface area contributed by atoms with Crippen molar-refractivity contribution in [1.29, 1.82) is 0 Å². The molecule has 6 heteroatoms. The van der Waals surface area contributed by atoms with Gasteiger partial charge >= 0.3 is 17.4 Å². The smallest absolute Gasteiger partial charge is 0.854 e. The normalized spacial score (nSPS) is 9.53. The van der Waals surface area contributed by atoms with Crippen LogP contribution in [0.1, 0.15) is 40.5 Å². The predicted octanol–water partition coefficient (Wildman–Crippen LogP) is -1.91. The average Bonchev–Trinajstić information content (AvgIpc) is 2.28. The second-order valence-electron chi connectivity index (χ2n) is 3.06. The van der Waals surface area contributed by atoms with Gasteiger partial charge in [0, 0.05) is 0 Å². The molecule has 0 radical (unpaired) electrons. The van der Waals surface area contributed by atoms with Crippen molar-refractivity contribution in [3.05, 3.63) is 0 Å². The van der Waals surface area contributed by atoms with Gasteiger partial charge in [-0.25, -0.2) is 0 Å². The summed E-state index contributed by atoms with van der Waals surface area (Å²) in [5.74, 6) is -2.64. The fourth-order valence-electron chi connectivity index (χ4n) is 0.166. The maximum absolute atomic E-state index is 10.2. The third kappa shape index (κ3) is 31.3. The minimum absolute atomic E-state index is 0. The van der Waals surface area contributed by atoms with Crippen molar-refractivity contribution in [2.45, 2.75) is 40.5 Å². The number of carboxylic acid groups (broad SMARTS) is 1. The zero-order valence-corrected chi connectivity index (χ0v) is 12.2. The number of Topliss-reactive ketones (excluding diaryl/α,β-unsaturated/α-hetero) is 1. The van der Waals surface area contributed by atoms with Crippen molar-refractivity contribution >= 4 is 29.1 Å². The molecule has 0 aromatic carbocycles. The molecule has 0 saturated heterocycles. The van der Waals surface area contributed by atoms with Gasteiger partial charge < -0.3 is 20.1 Å². The van der Waals surface area contributed by atoms with Gasteiger partial charge in [0.25, 0.3) is 0 Å². The summed E-state index contributed by atoms with van der Waals surface area (Å²) in [6.45, 7) is 6.40. The molecule has 98 valence electrons. The first-order valence-electron chi connectivity index (χ1n) is 5.26. The molecule has 0 aromatic rings. The minimum Gasteiger partial charge on any atom is -0.854 e. The van der Waals surface area contributed by atoms with Gasteiger partial charge in [-0.1, -0.05) is 33.6 Å². The second-order valence-corrected chi connectivity index (χ2v) is 3.06. The second kappa shape index (κ2) is 20.9. The Bertz CT molecular complexity index is 151. The molecule has 0 spiro atoms. The molecular formula is C11H21AlO5. The number of hydrogen-bond acceptors (Lipinski definition) is 5. The van der Waals surface area contributed by atoms with E-state index in [0.29, 0.717) is 0 Å². The van der Waals surface area contributed by atoms with Gasteiger partial charge in [0.1, 0.15) is 5.78 Å². The summed E-state index contributed by atoms with van der Waals surface area (Å²) in [6, 6.07) is 0. The third-order valence-electron chi connectivity index (χ3n) is 1.37. The molecule has 0 fully saturated rings. The number of carbonyl (C=O) groups is 2. The molecule has 0 rings (SSSR count). The van der Waals surface area contributed by atoms with Gasteiger partial charge in [-0.15, -0.1) is 13.2 Å². The van der Waals surface area contributed by atoms with Gasteiger partial charge in [0.05, 0.1) is 11.9 Å². The number of carbonyl (C=O) groups excluding carboxylic acids is 2. The molecule has 0 heterocycles. The van der Waals surface area contributed by atoms with Gasteiger partial charge in [-0.05, 0) is 6.92 Å². The Morgan fingerprint density at radius 2 is 1.29 bits per heavy atom. The van der Waals surface area contributed by atoms with E-state index in [1.54, 1.807) is 0 Å². The van der Waals surface area contributed by atoms with Crippen LogP contribution >= 0.6 is 0 Å². The first kappa shape index (κ1) is 25.4. The number of aliphatic carboxylic acids is 1. The molecular weight excluding hydrogens is 239 g/mol. The van der Waals surface area contributed by atoms with Crippen molar-refractivity contribution in [2.75, 3.05) is 13.2 Å². The van der Waals surface area contributed by atoms with E-state index in [2.05, 4.69) is 0 Å². The molecule has 0 aromatic heterocycles. The zero-order valence-electron chi connectivity index (χ0n) is 11.0. The molecule has 0 amide bonds. The Morgan fingerprint density at radius 3 is 1.29 bits per heavy atom. The van der Waals surface area contributed by atoms with Crippen LogP contribution in [0.4, 0.5) is 0 Å². The van der Waals surface area contributed by atoms with Crippen LogP contribution in [0.3, 0.4) is 0 Å². The minimum atomic E-state index is -1.31. The van der Waals surface area contributed by atoms with Crippen molar-refractivity contribution < 1.29 is 24.9 Å². The van der Waals surface area contributed by atoms with Gasteiger partial charge in [0.15, 0.2) is 0 Å². The Morgan fingerprint density at radius 1 is 1.06 bits per heavy atom. The Balaban J connectivity index is -0.0000000806. The van der Waals surface area contributed by atoms with E-state index in [4.69, 9.17) is 0 Å². The maximum Gasteiger partial charge on any atom is 3.00 e. The summed E-state index contributed by atoms with van der Waals surface area (Å²) in [4.78, 5) is 20.0. The van der Waals surface area contributed by atoms with Crippen LogP contribution in [0.15, 0.2) is 0 Å². The van der Waals surface area contributed by atoms with Crippen LogP contribution in [0.2, 0.25) is 0 Å². The summed E-state index contributed by atoms with van der Waals surface area (Å²) in [5.41, 5.74) is 0. The SMILES string of the molecule is CC(=O)C(C)C(=O)[O-].CCC[O-].CCC[O-].[Al+3]. The summed E-state index contributed by atoms with van der Waals surface area (Å²) < 4.78 is 0. The monoisotopic (exact) mass is 260 g/mol. The van der Waals surface area contributed by atoms with Crippen LogP contribution in [0.5, 0.6) is 0 Å². The molecule has 0 bridgehead atoms. The standard InChI is InChI=1S/C5H8O3.2C3H7O.Al/c1-3(4(2)6)5(7)8;2*1-2-3-4;/h3H,1-2H3,(H,7,8);2*2-3H2,1H3;/q;2*-1;+3/p-1. The fourth-order valence-corrected chi connectivity index (χ4v) is 0.166. The van der Waals surface area contributed by atoms with Crippen molar-refractivity contribution in [2.24, 2.45) is 5.92 Å². The Labute approximate surface area is 114 Å². The quantitative estimate of drug-likeness (QED) is 0.433. The van der Waals surface area contributed by atoms with Gasteiger partial charge in [-0.2, -0.15) is 0 Å². The molecule has 1 unspecified atom stereocenters. The van der Waals surface area contributed by atoms with E-state index in [9.17, 15) is 24.9 Å². The van der Waals surface area contributed by atoms with E-state index in [0.717, 1.165) is 12.8 Å². The molecule has 0 saturated carbocycles. The molecule has 0 aliphatic carbocycles. The first-order chi connectivity index (χ1) is 7.38. The van der Waals surface area contributed by atoms with Crippen molar-refractivity contribution in [3.63, 3.8) is 0 Å². The maximum atomic E-state index is 10.2. The molecule has 0 aliphatic heterocycles. The Hall–Kier alpha value is -0.408. The topological polar surface area (TPSA) is 103 Å². The molecule has 0 aliphatic rings. The van der Waals surface area contributed by atoms with Crippen molar-refractivity contribution in [1.82, 2.24) is 0 Å². The molecule has 17 heavy (non-hydrogen) atoms. The van der Waals surface area contributed by atoms with Crippen LogP contribution in [-0.2, 0) is 9.59 Å².